The molecule has 3 rings (SSSR count). The van der Waals surface area contributed by atoms with Crippen molar-refractivity contribution in [1.29, 1.82) is 0 Å². The molecule has 0 saturated carbocycles. The maximum Gasteiger partial charge on any atom is 0.227 e. The molecule has 2 aromatic carbocycles. The number of phenolic OH excluding ortho intramolecular Hbond substituents is 1. The molecule has 0 aliphatic carbocycles. The fraction of sp³-hybridized carbons (Fsp3) is 0.133. The maximum atomic E-state index is 9.27. The third kappa shape index (κ3) is 1.74. The van der Waals surface area contributed by atoms with Crippen molar-refractivity contribution in [2.45, 2.75) is 13.8 Å². The first kappa shape index (κ1) is 10.8. The SMILES string of the molecule is Cc1cc(C)c2oc(-c3ccc(O)cc3)nc2c1. The van der Waals surface area contributed by atoms with E-state index < -0.39 is 0 Å². The molecule has 3 aromatic rings. The van der Waals surface area contributed by atoms with Gasteiger partial charge in [-0.1, -0.05) is 6.07 Å². The molecule has 0 fully saturated rings. The van der Waals surface area contributed by atoms with E-state index in [4.69, 9.17) is 4.42 Å². The number of aromatic hydroxyl groups is 1. The summed E-state index contributed by atoms with van der Waals surface area (Å²) in [7, 11) is 0. The van der Waals surface area contributed by atoms with Gasteiger partial charge in [-0.05, 0) is 55.3 Å². The Labute approximate surface area is 105 Å². The van der Waals surface area contributed by atoms with Gasteiger partial charge in [0.05, 0.1) is 0 Å². The summed E-state index contributed by atoms with van der Waals surface area (Å²) in [5.41, 5.74) is 4.81. The van der Waals surface area contributed by atoms with Crippen LogP contribution in [-0.2, 0) is 0 Å². The number of aromatic nitrogens is 1. The summed E-state index contributed by atoms with van der Waals surface area (Å²) in [6, 6.07) is 10.9. The Balaban J connectivity index is 2.19. The average molecular weight is 239 g/mol. The number of aryl methyl sites for hydroxylation is 2. The van der Waals surface area contributed by atoms with Crippen LogP contribution >= 0.6 is 0 Å². The van der Waals surface area contributed by atoms with Crippen molar-refractivity contribution >= 4 is 11.1 Å². The lowest BCUT2D eigenvalue weighted by atomic mass is 10.1. The predicted molar refractivity (Wildman–Crippen MR) is 70.6 cm³/mol. The van der Waals surface area contributed by atoms with Crippen LogP contribution in [0.25, 0.3) is 22.6 Å². The highest BCUT2D eigenvalue weighted by molar-refractivity contribution is 5.80. The molecule has 90 valence electrons. The third-order valence-corrected chi connectivity index (χ3v) is 2.93. The molecule has 1 N–H and O–H groups in total. The van der Waals surface area contributed by atoms with Gasteiger partial charge in [0.15, 0.2) is 5.58 Å². The van der Waals surface area contributed by atoms with Crippen molar-refractivity contribution in [2.24, 2.45) is 0 Å². The van der Waals surface area contributed by atoms with Gasteiger partial charge < -0.3 is 9.52 Å². The molecule has 0 radical (unpaired) electrons. The molecule has 0 atom stereocenters. The van der Waals surface area contributed by atoms with Crippen LogP contribution in [0, 0.1) is 13.8 Å². The normalized spacial score (nSPS) is 11.0. The van der Waals surface area contributed by atoms with E-state index in [1.54, 1.807) is 24.3 Å². The zero-order chi connectivity index (χ0) is 12.7. The lowest BCUT2D eigenvalue weighted by Gasteiger charge is -1.95. The van der Waals surface area contributed by atoms with Gasteiger partial charge in [-0.2, -0.15) is 0 Å². The fourth-order valence-corrected chi connectivity index (χ4v) is 2.10. The smallest absolute Gasteiger partial charge is 0.227 e. The Morgan fingerprint density at radius 2 is 1.78 bits per heavy atom. The zero-order valence-electron chi connectivity index (χ0n) is 10.3. The first-order valence-corrected chi connectivity index (χ1v) is 5.81. The summed E-state index contributed by atoms with van der Waals surface area (Å²) in [6.45, 7) is 4.06. The average Bonchev–Trinajstić information content (AvgIpc) is 2.74. The molecule has 3 heteroatoms. The first-order valence-electron chi connectivity index (χ1n) is 5.81. The number of hydrogen-bond donors (Lipinski definition) is 1. The molecule has 18 heavy (non-hydrogen) atoms. The number of fused-ring (bicyclic) bond motifs is 1. The van der Waals surface area contributed by atoms with Crippen LogP contribution in [0.3, 0.4) is 0 Å². The fourth-order valence-electron chi connectivity index (χ4n) is 2.10. The molecule has 1 heterocycles. The number of hydrogen-bond acceptors (Lipinski definition) is 3. The van der Waals surface area contributed by atoms with Crippen molar-refractivity contribution in [3.8, 4) is 17.2 Å². The summed E-state index contributed by atoms with van der Waals surface area (Å²) in [5.74, 6) is 0.820. The molecule has 0 amide bonds. The molecular weight excluding hydrogens is 226 g/mol. The van der Waals surface area contributed by atoms with Crippen molar-refractivity contribution in [3.05, 3.63) is 47.5 Å². The van der Waals surface area contributed by atoms with E-state index in [-0.39, 0.29) is 5.75 Å². The molecule has 0 spiro atoms. The number of benzene rings is 2. The Hall–Kier alpha value is -2.29. The van der Waals surface area contributed by atoms with Gasteiger partial charge in [-0.25, -0.2) is 4.98 Å². The minimum Gasteiger partial charge on any atom is -0.508 e. The highest BCUT2D eigenvalue weighted by atomic mass is 16.3. The summed E-state index contributed by atoms with van der Waals surface area (Å²) in [6.07, 6.45) is 0. The van der Waals surface area contributed by atoms with Gasteiger partial charge in [-0.15, -0.1) is 0 Å². The van der Waals surface area contributed by atoms with E-state index in [1.807, 2.05) is 19.9 Å². The quantitative estimate of drug-likeness (QED) is 0.702. The lowest BCUT2D eigenvalue weighted by molar-refractivity contribution is 0.475. The second-order valence-corrected chi connectivity index (χ2v) is 4.50. The van der Waals surface area contributed by atoms with Crippen molar-refractivity contribution in [1.82, 2.24) is 4.98 Å². The van der Waals surface area contributed by atoms with E-state index in [9.17, 15) is 5.11 Å². The third-order valence-electron chi connectivity index (χ3n) is 2.93. The van der Waals surface area contributed by atoms with E-state index in [0.717, 1.165) is 22.2 Å². The second-order valence-electron chi connectivity index (χ2n) is 4.50. The van der Waals surface area contributed by atoms with E-state index in [2.05, 4.69) is 11.1 Å². The number of oxazole rings is 1. The van der Waals surface area contributed by atoms with Gasteiger partial charge in [0.2, 0.25) is 5.89 Å². The number of phenols is 1. The Morgan fingerprint density at radius 1 is 1.06 bits per heavy atom. The second kappa shape index (κ2) is 3.88. The van der Waals surface area contributed by atoms with Crippen LogP contribution in [0.5, 0.6) is 5.75 Å². The molecule has 0 aliphatic rings. The van der Waals surface area contributed by atoms with E-state index in [1.165, 1.54) is 5.56 Å². The summed E-state index contributed by atoms with van der Waals surface area (Å²) in [5, 5.41) is 9.27. The Morgan fingerprint density at radius 3 is 2.50 bits per heavy atom. The number of rotatable bonds is 1. The molecule has 1 aromatic heterocycles. The van der Waals surface area contributed by atoms with Crippen LogP contribution in [0.4, 0.5) is 0 Å². The van der Waals surface area contributed by atoms with Gasteiger partial charge in [0.1, 0.15) is 11.3 Å². The van der Waals surface area contributed by atoms with Crippen LogP contribution in [0.1, 0.15) is 11.1 Å². The minimum absolute atomic E-state index is 0.238. The summed E-state index contributed by atoms with van der Waals surface area (Å²) in [4.78, 5) is 4.49. The Bertz CT molecular complexity index is 711. The molecule has 0 aliphatic heterocycles. The van der Waals surface area contributed by atoms with Gasteiger partial charge >= 0.3 is 0 Å². The summed E-state index contributed by atoms with van der Waals surface area (Å²) >= 11 is 0. The zero-order valence-corrected chi connectivity index (χ0v) is 10.3. The van der Waals surface area contributed by atoms with Crippen LogP contribution in [0.2, 0.25) is 0 Å². The standard InChI is InChI=1S/C15H13NO2/c1-9-7-10(2)14-13(8-9)16-15(18-14)11-3-5-12(17)6-4-11/h3-8,17H,1-2H3. The maximum absolute atomic E-state index is 9.27. The molecule has 3 nitrogen and oxygen atoms in total. The highest BCUT2D eigenvalue weighted by Gasteiger charge is 2.10. The Kier molecular flexibility index (Phi) is 2.33. The first-order chi connectivity index (χ1) is 8.63. The largest absolute Gasteiger partial charge is 0.508 e. The van der Waals surface area contributed by atoms with E-state index in [0.29, 0.717) is 5.89 Å². The monoisotopic (exact) mass is 239 g/mol. The molecule has 0 unspecified atom stereocenters. The van der Waals surface area contributed by atoms with Crippen LogP contribution in [0.15, 0.2) is 40.8 Å². The molecular formula is C15H13NO2. The van der Waals surface area contributed by atoms with Gasteiger partial charge in [0, 0.05) is 5.56 Å². The minimum atomic E-state index is 0.238. The lowest BCUT2D eigenvalue weighted by Crippen LogP contribution is -1.78. The molecule has 0 bridgehead atoms. The van der Waals surface area contributed by atoms with E-state index >= 15 is 0 Å². The summed E-state index contributed by atoms with van der Waals surface area (Å²) < 4.78 is 5.79. The van der Waals surface area contributed by atoms with Crippen molar-refractivity contribution in [2.75, 3.05) is 0 Å². The predicted octanol–water partition coefficient (Wildman–Crippen LogP) is 3.82. The topological polar surface area (TPSA) is 46.3 Å². The van der Waals surface area contributed by atoms with Crippen molar-refractivity contribution in [3.63, 3.8) is 0 Å². The van der Waals surface area contributed by atoms with Crippen LogP contribution in [-0.4, -0.2) is 10.1 Å². The molecule has 0 saturated heterocycles. The van der Waals surface area contributed by atoms with Gasteiger partial charge in [-0.3, -0.25) is 0 Å². The highest BCUT2D eigenvalue weighted by Crippen LogP contribution is 2.28. The van der Waals surface area contributed by atoms with Crippen molar-refractivity contribution < 1.29 is 9.52 Å². The van der Waals surface area contributed by atoms with Gasteiger partial charge in [0.25, 0.3) is 0 Å². The van der Waals surface area contributed by atoms with Crippen LogP contribution < -0.4 is 0 Å². The number of nitrogens with zero attached hydrogens (tertiary/aromatic N) is 1.